The summed E-state index contributed by atoms with van der Waals surface area (Å²) in [5.41, 5.74) is 1.67. The van der Waals surface area contributed by atoms with Crippen molar-refractivity contribution >= 4 is 87.8 Å². The molecule has 0 aliphatic carbocycles. The van der Waals surface area contributed by atoms with E-state index in [1.807, 2.05) is 12.1 Å². The number of amides is 3. The van der Waals surface area contributed by atoms with Crippen LogP contribution < -0.4 is 31.3 Å². The number of carbonyl (C=O) groups excluding carboxylic acids is 3. The zero-order valence-corrected chi connectivity index (χ0v) is 46.5. The number of thiocarbonyl (C=S) groups is 1. The summed E-state index contributed by atoms with van der Waals surface area (Å²) in [4.78, 5) is 93.0. The van der Waals surface area contributed by atoms with Crippen molar-refractivity contribution in [2.75, 3.05) is 110 Å². The molecule has 29 heteroatoms. The molecule has 0 saturated carbocycles. The summed E-state index contributed by atoms with van der Waals surface area (Å²) in [5.74, 6) is -7.49. The summed E-state index contributed by atoms with van der Waals surface area (Å²) in [5, 5.41) is 91.1. The number of aliphatic carboxylic acids is 4. The van der Waals surface area contributed by atoms with E-state index < -0.39 is 78.0 Å². The maximum absolute atomic E-state index is 13.1. The van der Waals surface area contributed by atoms with Crippen molar-refractivity contribution in [2.24, 2.45) is 0 Å². The summed E-state index contributed by atoms with van der Waals surface area (Å²) in [6, 6.07) is 17.6. The van der Waals surface area contributed by atoms with E-state index in [4.69, 9.17) is 44.9 Å². The lowest BCUT2D eigenvalue weighted by Gasteiger charge is -2.38. The number of benzene rings is 4. The number of ether oxygens (including phenoxy) is 2. The first-order chi connectivity index (χ1) is 39.0. The Morgan fingerprint density at radius 2 is 1.23 bits per heavy atom. The molecule has 3 amide bonds. The molecule has 0 bridgehead atoms. The van der Waals surface area contributed by atoms with Gasteiger partial charge < -0.3 is 76.9 Å². The van der Waals surface area contributed by atoms with Crippen LogP contribution in [-0.4, -0.2) is 230 Å². The van der Waals surface area contributed by atoms with Crippen molar-refractivity contribution in [3.63, 3.8) is 0 Å². The van der Waals surface area contributed by atoms with Gasteiger partial charge in [0.2, 0.25) is 0 Å². The Bertz CT molecular complexity index is 2830. The number of carboxylic acids is 4. The first-order valence-electron chi connectivity index (χ1n) is 25.5. The Morgan fingerprint density at radius 3 is 1.83 bits per heavy atom. The third kappa shape index (κ3) is 22.8. The average Bonchev–Trinajstić information content (AvgIpc) is 3.55. The lowest BCUT2D eigenvalue weighted by Crippen LogP contribution is -2.53. The van der Waals surface area contributed by atoms with Gasteiger partial charge >= 0.3 is 23.9 Å². The molecule has 0 spiro atoms. The van der Waals surface area contributed by atoms with Gasteiger partial charge in [-0.2, -0.15) is 0 Å². The molecule has 1 fully saturated rings. The molecule has 4 aromatic rings. The summed E-state index contributed by atoms with van der Waals surface area (Å²) >= 11 is 18.2. The maximum Gasteiger partial charge on any atom is 0.328 e. The molecular weight excluding hydrogens is 1140 g/mol. The highest BCUT2D eigenvalue weighted by atomic mass is 35.5. The van der Waals surface area contributed by atoms with Crippen molar-refractivity contribution in [3.8, 4) is 17.2 Å². The van der Waals surface area contributed by atoms with Gasteiger partial charge in [0.25, 0.3) is 17.7 Å². The molecular formula is C53H65Cl2N9O17S. The van der Waals surface area contributed by atoms with Gasteiger partial charge in [0, 0.05) is 101 Å². The SMILES string of the molecule is O=C(O)CN1CCN(CC(=O)O)CCN(CC(=O)O)C(Cc2ccc(NC(=S)NCCOCCOc3cccc(CNC(=O)c4cc(Cl)c(C(=O)N[C@@H](CNC(=O)c5cc(O)cc(O)c5)C(=O)O)c(Cl)c4)c3)cc2)CN(CC(O)O)CC1. The second-order valence-corrected chi connectivity index (χ2v) is 20.0. The standard InChI is InChI=1S/C53H65Cl2N9O17S/c54-41-22-35(23-42(55)48(41)51(77)60-43(52(78)79)26-58-49(75)34-20-38(65)24-39(66)21-34)50(76)57-25-33-2-1-3-40(19-33)81-17-16-80-15-8-56-53(82)59-36-6-4-32(5-7-36)18-37-27-63(30-46(71)72)12-11-61(28-44(67)68)9-10-62(29-45(69)70)13-14-64(37)31-47(73)74/h1-7,19-24,37,43,46,65-66,71-72H,8-18,25-31H2,(H,57,76)(H,58,75)(H,60,77)(H,67,68)(H,69,70)(H,73,74)(H,78,79)(H2,56,59,82)/t37?,43-/m0/s1. The quantitative estimate of drug-likeness (QED) is 0.0225. The van der Waals surface area contributed by atoms with Crippen LogP contribution in [0, 0.1) is 0 Å². The van der Waals surface area contributed by atoms with Gasteiger partial charge in [-0.15, -0.1) is 0 Å². The van der Waals surface area contributed by atoms with E-state index in [0.717, 1.165) is 23.8 Å². The van der Waals surface area contributed by atoms with Crippen molar-refractivity contribution in [1.29, 1.82) is 0 Å². The second kappa shape index (κ2) is 32.9. The van der Waals surface area contributed by atoms with E-state index >= 15 is 0 Å². The second-order valence-electron chi connectivity index (χ2n) is 18.8. The molecule has 26 nitrogen and oxygen atoms in total. The highest BCUT2D eigenvalue weighted by molar-refractivity contribution is 7.80. The number of hydrogen-bond acceptors (Lipinski definition) is 18. The van der Waals surface area contributed by atoms with Crippen LogP contribution in [-0.2, 0) is 36.9 Å². The molecule has 13 N–H and O–H groups in total. The molecule has 2 atom stereocenters. The minimum absolute atomic E-state index is 0.000351. The van der Waals surface area contributed by atoms with Gasteiger partial charge in [-0.3, -0.25) is 48.4 Å². The number of aliphatic hydroxyl groups is 2. The van der Waals surface area contributed by atoms with Crippen LogP contribution in [0.1, 0.15) is 42.2 Å². The predicted octanol–water partition coefficient (Wildman–Crippen LogP) is 1.03. The molecule has 1 saturated heterocycles. The number of nitrogens with zero attached hydrogens (tertiary/aromatic N) is 4. The molecule has 1 aliphatic heterocycles. The van der Waals surface area contributed by atoms with Gasteiger partial charge in [0.05, 0.1) is 48.5 Å². The third-order valence-electron chi connectivity index (χ3n) is 12.5. The fraction of sp³-hybridized carbons (Fsp3) is 0.396. The monoisotopic (exact) mass is 1200 g/mol. The van der Waals surface area contributed by atoms with E-state index in [2.05, 4.69) is 26.6 Å². The Labute approximate surface area is 486 Å². The lowest BCUT2D eigenvalue weighted by molar-refractivity contribution is -0.141. The molecule has 1 aliphatic rings. The Morgan fingerprint density at radius 1 is 0.646 bits per heavy atom. The smallest absolute Gasteiger partial charge is 0.328 e. The van der Waals surface area contributed by atoms with E-state index in [9.17, 15) is 74.4 Å². The highest BCUT2D eigenvalue weighted by Crippen LogP contribution is 2.28. The topological polar surface area (TPSA) is 373 Å². The zero-order chi connectivity index (χ0) is 59.9. The molecule has 444 valence electrons. The predicted molar refractivity (Wildman–Crippen MR) is 302 cm³/mol. The van der Waals surface area contributed by atoms with E-state index in [1.165, 1.54) is 12.1 Å². The third-order valence-corrected chi connectivity index (χ3v) is 13.3. The number of phenols is 2. The summed E-state index contributed by atoms with van der Waals surface area (Å²) in [6.45, 7) is 0.813. The first kappa shape index (κ1) is 65.4. The van der Waals surface area contributed by atoms with Gasteiger partial charge in [-0.1, -0.05) is 47.5 Å². The molecule has 0 radical (unpaired) electrons. The molecule has 82 heavy (non-hydrogen) atoms. The van der Waals surface area contributed by atoms with E-state index in [0.29, 0.717) is 35.1 Å². The fourth-order valence-electron chi connectivity index (χ4n) is 8.55. The molecule has 5 rings (SSSR count). The van der Waals surface area contributed by atoms with Crippen LogP contribution >= 0.6 is 35.4 Å². The normalized spacial score (nSPS) is 15.3. The van der Waals surface area contributed by atoms with Crippen molar-refractivity contribution < 1.29 is 83.9 Å². The number of carbonyl (C=O) groups is 7. The fourth-order valence-corrected chi connectivity index (χ4v) is 9.43. The Balaban J connectivity index is 1.05. The molecule has 1 unspecified atom stereocenters. The number of rotatable bonds is 27. The summed E-state index contributed by atoms with van der Waals surface area (Å²) in [7, 11) is 0. The summed E-state index contributed by atoms with van der Waals surface area (Å²) in [6.07, 6.45) is -1.38. The van der Waals surface area contributed by atoms with Crippen molar-refractivity contribution in [1.82, 2.24) is 40.9 Å². The van der Waals surface area contributed by atoms with Crippen molar-refractivity contribution in [3.05, 3.63) is 117 Å². The highest BCUT2D eigenvalue weighted by Gasteiger charge is 2.29. The number of halogens is 2. The maximum atomic E-state index is 13.1. The van der Waals surface area contributed by atoms with E-state index in [-0.39, 0.29) is 125 Å². The van der Waals surface area contributed by atoms with Crippen LogP contribution in [0.2, 0.25) is 10.0 Å². The molecule has 4 aromatic carbocycles. The van der Waals surface area contributed by atoms with Gasteiger partial charge in [-0.05, 0) is 78.3 Å². The number of aliphatic hydroxyl groups excluding tert-OH is 1. The van der Waals surface area contributed by atoms with Crippen LogP contribution in [0.3, 0.4) is 0 Å². The van der Waals surface area contributed by atoms with Crippen LogP contribution in [0.25, 0.3) is 0 Å². The van der Waals surface area contributed by atoms with Gasteiger partial charge in [-0.25, -0.2) is 4.79 Å². The summed E-state index contributed by atoms with van der Waals surface area (Å²) < 4.78 is 11.5. The number of carboxylic acid groups (broad SMARTS) is 4. The zero-order valence-electron chi connectivity index (χ0n) is 44.2. The van der Waals surface area contributed by atoms with Crippen LogP contribution in [0.15, 0.2) is 78.9 Å². The number of nitrogens with one attached hydrogen (secondary N) is 5. The van der Waals surface area contributed by atoms with Crippen LogP contribution in [0.5, 0.6) is 17.2 Å². The number of hydrogen-bond donors (Lipinski definition) is 13. The van der Waals surface area contributed by atoms with E-state index in [1.54, 1.807) is 56.0 Å². The van der Waals surface area contributed by atoms with Crippen LogP contribution in [0.4, 0.5) is 5.69 Å². The van der Waals surface area contributed by atoms with Gasteiger partial charge in [0.15, 0.2) is 11.4 Å². The number of β-amino-alcohol motifs (C(OH)–C–C–N with tert-alkyl or cyclic N) is 2. The average molecular weight is 1200 g/mol. The Kier molecular flexibility index (Phi) is 26.2. The van der Waals surface area contributed by atoms with Crippen molar-refractivity contribution in [2.45, 2.75) is 31.3 Å². The molecule has 0 aromatic heterocycles. The molecule has 1 heterocycles. The van der Waals surface area contributed by atoms with Gasteiger partial charge in [0.1, 0.15) is 29.9 Å². The minimum Gasteiger partial charge on any atom is -0.508 e. The number of anilines is 1. The largest absolute Gasteiger partial charge is 0.508 e. The first-order valence-corrected chi connectivity index (χ1v) is 26.7. The Hall–Kier alpha value is -7.44. The number of phenolic OH excluding ortho intramolecular Hbond substituents is 2. The minimum atomic E-state index is -1.71. The number of aromatic hydroxyl groups is 2. The lowest BCUT2D eigenvalue weighted by atomic mass is 10.0.